The van der Waals surface area contributed by atoms with Gasteiger partial charge in [-0.25, -0.2) is 4.79 Å². The zero-order valence-electron chi connectivity index (χ0n) is 20.1. The van der Waals surface area contributed by atoms with Gasteiger partial charge in [0.25, 0.3) is 0 Å². The quantitative estimate of drug-likeness (QED) is 0.416. The van der Waals surface area contributed by atoms with Gasteiger partial charge < -0.3 is 9.47 Å². The maximum Gasteiger partial charge on any atom is 0.331 e. The summed E-state index contributed by atoms with van der Waals surface area (Å²) in [4.78, 5) is 30.4. The maximum atomic E-state index is 13.3. The Morgan fingerprint density at radius 1 is 1.00 bits per heavy atom. The molecule has 2 unspecified atom stereocenters. The zero-order chi connectivity index (χ0) is 23.1. The first-order chi connectivity index (χ1) is 13.7. The Balaban J connectivity index is 3.57. The van der Waals surface area contributed by atoms with Gasteiger partial charge in [-0.2, -0.15) is 0 Å². The molecule has 168 valence electrons. The SMILES string of the molecule is COC(=O)CC(CC(C)C)C(N=C(c1ccccc1)C(C)(C)C)C(=O)OC(C)(C)C. The Morgan fingerprint density at radius 2 is 1.57 bits per heavy atom. The summed E-state index contributed by atoms with van der Waals surface area (Å²) in [5.74, 6) is -0.779. The molecular weight excluding hydrogens is 378 g/mol. The first-order valence-corrected chi connectivity index (χ1v) is 10.7. The van der Waals surface area contributed by atoms with Crippen LogP contribution in [0.5, 0.6) is 0 Å². The number of carbonyl (C=O) groups excluding carboxylic acids is 2. The molecular formula is C25H39NO4. The summed E-state index contributed by atoms with van der Waals surface area (Å²) in [6, 6.07) is 9.06. The molecule has 0 aliphatic rings. The van der Waals surface area contributed by atoms with Gasteiger partial charge in [-0.05, 0) is 38.7 Å². The molecule has 1 aromatic carbocycles. The minimum atomic E-state index is -0.792. The average Bonchev–Trinajstić information content (AvgIpc) is 2.59. The Labute approximate surface area is 182 Å². The second-order valence-electron chi connectivity index (χ2n) is 10.2. The number of methoxy groups -OCH3 is 1. The van der Waals surface area contributed by atoms with Crippen molar-refractivity contribution in [3.05, 3.63) is 35.9 Å². The van der Waals surface area contributed by atoms with Crippen LogP contribution in [0.15, 0.2) is 35.3 Å². The molecule has 0 saturated heterocycles. The van der Waals surface area contributed by atoms with Crippen molar-refractivity contribution in [3.63, 3.8) is 0 Å². The van der Waals surface area contributed by atoms with Gasteiger partial charge in [-0.1, -0.05) is 65.0 Å². The van der Waals surface area contributed by atoms with Crippen LogP contribution in [0.2, 0.25) is 0 Å². The van der Waals surface area contributed by atoms with Gasteiger partial charge in [0.05, 0.1) is 13.5 Å². The maximum absolute atomic E-state index is 13.3. The van der Waals surface area contributed by atoms with E-state index in [1.54, 1.807) is 0 Å². The van der Waals surface area contributed by atoms with Crippen LogP contribution >= 0.6 is 0 Å². The minimum absolute atomic E-state index is 0.119. The predicted octanol–water partition coefficient (Wildman–Crippen LogP) is 5.46. The highest BCUT2D eigenvalue weighted by Crippen LogP contribution is 2.29. The molecule has 1 aromatic rings. The van der Waals surface area contributed by atoms with Gasteiger partial charge in [0.1, 0.15) is 5.60 Å². The molecule has 2 atom stereocenters. The van der Waals surface area contributed by atoms with Gasteiger partial charge >= 0.3 is 11.9 Å². The molecule has 30 heavy (non-hydrogen) atoms. The predicted molar refractivity (Wildman–Crippen MR) is 122 cm³/mol. The van der Waals surface area contributed by atoms with E-state index in [4.69, 9.17) is 14.5 Å². The van der Waals surface area contributed by atoms with Crippen molar-refractivity contribution in [1.29, 1.82) is 0 Å². The number of benzene rings is 1. The van der Waals surface area contributed by atoms with E-state index in [9.17, 15) is 9.59 Å². The van der Waals surface area contributed by atoms with E-state index < -0.39 is 17.6 Å². The number of hydrogen-bond donors (Lipinski definition) is 0. The monoisotopic (exact) mass is 417 g/mol. The Kier molecular flexibility index (Phi) is 9.26. The third-order valence-corrected chi connectivity index (χ3v) is 4.55. The smallest absolute Gasteiger partial charge is 0.331 e. The Hall–Kier alpha value is -2.17. The lowest BCUT2D eigenvalue weighted by Crippen LogP contribution is -2.39. The van der Waals surface area contributed by atoms with Crippen molar-refractivity contribution in [1.82, 2.24) is 0 Å². The second kappa shape index (κ2) is 10.7. The molecule has 0 radical (unpaired) electrons. The van der Waals surface area contributed by atoms with Crippen LogP contribution in [0.3, 0.4) is 0 Å². The van der Waals surface area contributed by atoms with E-state index in [1.165, 1.54) is 7.11 Å². The molecule has 0 fully saturated rings. The van der Waals surface area contributed by atoms with Crippen LogP contribution in [-0.4, -0.2) is 36.4 Å². The van der Waals surface area contributed by atoms with Crippen molar-refractivity contribution in [3.8, 4) is 0 Å². The number of hydrogen-bond acceptors (Lipinski definition) is 5. The lowest BCUT2D eigenvalue weighted by molar-refractivity contribution is -0.158. The molecule has 0 N–H and O–H groups in total. The summed E-state index contributed by atoms with van der Waals surface area (Å²) >= 11 is 0. The third-order valence-electron chi connectivity index (χ3n) is 4.55. The first kappa shape index (κ1) is 25.9. The number of carbonyl (C=O) groups is 2. The number of aliphatic imine (C=N–C) groups is 1. The van der Waals surface area contributed by atoms with Crippen LogP contribution < -0.4 is 0 Å². The molecule has 0 bridgehead atoms. The number of esters is 2. The number of nitrogens with zero attached hydrogens (tertiary/aromatic N) is 1. The van der Waals surface area contributed by atoms with Crippen LogP contribution in [0, 0.1) is 17.3 Å². The fourth-order valence-corrected chi connectivity index (χ4v) is 3.38. The van der Waals surface area contributed by atoms with E-state index in [-0.39, 0.29) is 29.6 Å². The number of rotatable bonds is 8. The van der Waals surface area contributed by atoms with Gasteiger partial charge in [-0.3, -0.25) is 9.79 Å². The van der Waals surface area contributed by atoms with Gasteiger partial charge in [0, 0.05) is 17.0 Å². The highest BCUT2D eigenvalue weighted by molar-refractivity contribution is 6.05. The molecule has 0 aromatic heterocycles. The summed E-state index contributed by atoms with van der Waals surface area (Å²) < 4.78 is 10.6. The first-order valence-electron chi connectivity index (χ1n) is 10.7. The third kappa shape index (κ3) is 8.68. The summed E-state index contributed by atoms with van der Waals surface area (Å²) in [5, 5.41) is 0. The second-order valence-corrected chi connectivity index (χ2v) is 10.2. The van der Waals surface area contributed by atoms with E-state index in [0.717, 1.165) is 11.3 Å². The van der Waals surface area contributed by atoms with E-state index in [2.05, 4.69) is 34.6 Å². The van der Waals surface area contributed by atoms with E-state index >= 15 is 0 Å². The summed E-state index contributed by atoms with van der Waals surface area (Å²) in [5.41, 5.74) is 0.833. The van der Waals surface area contributed by atoms with E-state index in [1.807, 2.05) is 51.1 Å². The molecule has 0 aliphatic heterocycles. The fraction of sp³-hybridized carbons (Fsp3) is 0.640. The fourth-order valence-electron chi connectivity index (χ4n) is 3.38. The standard InChI is InChI=1S/C25H39NO4/c1-17(2)15-19(16-20(27)29-9)21(23(28)30-25(6,7)8)26-22(24(3,4)5)18-13-11-10-12-14-18/h10-14,17,19,21H,15-16H2,1-9H3. The van der Waals surface area contributed by atoms with Crippen molar-refractivity contribution < 1.29 is 19.1 Å². The van der Waals surface area contributed by atoms with Crippen LogP contribution in [0.4, 0.5) is 0 Å². The summed E-state index contributed by atoms with van der Waals surface area (Å²) in [6.07, 6.45) is 0.781. The largest absolute Gasteiger partial charge is 0.469 e. The lowest BCUT2D eigenvalue weighted by atomic mass is 9.83. The highest BCUT2D eigenvalue weighted by Gasteiger charge is 2.36. The molecule has 5 heteroatoms. The van der Waals surface area contributed by atoms with Crippen molar-refractivity contribution >= 4 is 17.7 Å². The molecule has 0 amide bonds. The van der Waals surface area contributed by atoms with Crippen molar-refractivity contribution in [2.45, 2.75) is 79.9 Å². The molecule has 5 nitrogen and oxygen atoms in total. The summed E-state index contributed by atoms with van der Waals surface area (Å²) in [7, 11) is 1.37. The van der Waals surface area contributed by atoms with Crippen LogP contribution in [0.25, 0.3) is 0 Å². The van der Waals surface area contributed by atoms with E-state index in [0.29, 0.717) is 6.42 Å². The van der Waals surface area contributed by atoms with Crippen molar-refractivity contribution in [2.24, 2.45) is 22.2 Å². The van der Waals surface area contributed by atoms with Gasteiger partial charge in [-0.15, -0.1) is 0 Å². The average molecular weight is 418 g/mol. The van der Waals surface area contributed by atoms with Crippen LogP contribution in [-0.2, 0) is 19.1 Å². The van der Waals surface area contributed by atoms with Crippen molar-refractivity contribution in [2.75, 3.05) is 7.11 Å². The van der Waals surface area contributed by atoms with Gasteiger partial charge in [0.2, 0.25) is 0 Å². The topological polar surface area (TPSA) is 65.0 Å². The summed E-state index contributed by atoms with van der Waals surface area (Å²) in [6.45, 7) is 15.9. The van der Waals surface area contributed by atoms with Crippen LogP contribution in [0.1, 0.15) is 73.8 Å². The highest BCUT2D eigenvalue weighted by atomic mass is 16.6. The molecule has 0 aliphatic carbocycles. The Morgan fingerprint density at radius 3 is 2.00 bits per heavy atom. The molecule has 0 heterocycles. The van der Waals surface area contributed by atoms with Gasteiger partial charge in [0.15, 0.2) is 6.04 Å². The normalized spacial score (nSPS) is 14.9. The molecule has 0 spiro atoms. The number of ether oxygens (including phenoxy) is 2. The molecule has 1 rings (SSSR count). The zero-order valence-corrected chi connectivity index (χ0v) is 20.1. The molecule has 0 saturated carbocycles. The minimum Gasteiger partial charge on any atom is -0.469 e. The Bertz CT molecular complexity index is 724. The lowest BCUT2D eigenvalue weighted by Gasteiger charge is -2.30.